The van der Waals surface area contributed by atoms with Crippen LogP contribution in [0.3, 0.4) is 0 Å². The number of hydrogen-bond donors (Lipinski definition) is 1. The molecule has 0 saturated heterocycles. The number of anilines is 2. The SMILES string of the molecule is Cc1ccc(F)cc1S(=O)(=O)N(C)c1ccncc1N. The van der Waals surface area contributed by atoms with E-state index in [2.05, 4.69) is 4.98 Å². The van der Waals surface area contributed by atoms with Crippen molar-refractivity contribution >= 4 is 21.4 Å². The predicted octanol–water partition coefficient (Wildman–Crippen LogP) is 1.94. The van der Waals surface area contributed by atoms with Gasteiger partial charge in [0.05, 0.1) is 22.5 Å². The maximum absolute atomic E-state index is 13.3. The largest absolute Gasteiger partial charge is 0.396 e. The number of rotatable bonds is 3. The molecule has 0 spiro atoms. The maximum atomic E-state index is 13.3. The van der Waals surface area contributed by atoms with Crippen LogP contribution in [0.5, 0.6) is 0 Å². The Morgan fingerprint density at radius 3 is 2.65 bits per heavy atom. The van der Waals surface area contributed by atoms with Gasteiger partial charge in [-0.15, -0.1) is 0 Å². The van der Waals surface area contributed by atoms with Crippen LogP contribution in [-0.4, -0.2) is 20.4 Å². The Hall–Kier alpha value is -2.15. The quantitative estimate of drug-likeness (QED) is 0.938. The molecule has 7 heteroatoms. The van der Waals surface area contributed by atoms with Crippen molar-refractivity contribution in [3.05, 3.63) is 48.0 Å². The molecule has 106 valence electrons. The molecule has 0 fully saturated rings. The summed E-state index contributed by atoms with van der Waals surface area (Å²) in [6.07, 6.45) is 2.80. The van der Waals surface area contributed by atoms with Crippen LogP contribution in [0.15, 0.2) is 41.6 Å². The summed E-state index contributed by atoms with van der Waals surface area (Å²) < 4.78 is 39.4. The number of aryl methyl sites for hydroxylation is 1. The normalized spacial score (nSPS) is 11.3. The fraction of sp³-hybridized carbons (Fsp3) is 0.154. The minimum absolute atomic E-state index is 0.0868. The van der Waals surface area contributed by atoms with Gasteiger partial charge in [-0.05, 0) is 30.7 Å². The van der Waals surface area contributed by atoms with Crippen molar-refractivity contribution < 1.29 is 12.8 Å². The van der Waals surface area contributed by atoms with E-state index >= 15 is 0 Å². The van der Waals surface area contributed by atoms with Crippen molar-refractivity contribution in [2.45, 2.75) is 11.8 Å². The van der Waals surface area contributed by atoms with Crippen LogP contribution in [0, 0.1) is 12.7 Å². The number of aromatic nitrogens is 1. The van der Waals surface area contributed by atoms with Gasteiger partial charge in [0.15, 0.2) is 0 Å². The third-order valence-electron chi connectivity index (χ3n) is 2.96. The van der Waals surface area contributed by atoms with E-state index in [1.165, 1.54) is 37.6 Å². The van der Waals surface area contributed by atoms with Crippen molar-refractivity contribution in [2.75, 3.05) is 17.1 Å². The number of nitrogens with zero attached hydrogens (tertiary/aromatic N) is 2. The van der Waals surface area contributed by atoms with Gasteiger partial charge >= 0.3 is 0 Å². The summed E-state index contributed by atoms with van der Waals surface area (Å²) >= 11 is 0. The number of sulfonamides is 1. The van der Waals surface area contributed by atoms with E-state index in [4.69, 9.17) is 5.73 Å². The van der Waals surface area contributed by atoms with Crippen molar-refractivity contribution in [2.24, 2.45) is 0 Å². The topological polar surface area (TPSA) is 76.3 Å². The molecule has 0 aliphatic heterocycles. The molecule has 2 aromatic rings. The first-order valence-electron chi connectivity index (χ1n) is 5.78. The average molecular weight is 295 g/mol. The van der Waals surface area contributed by atoms with E-state index in [-0.39, 0.29) is 10.6 Å². The van der Waals surface area contributed by atoms with Crippen LogP contribution in [0.1, 0.15) is 5.56 Å². The first kappa shape index (κ1) is 14.3. The summed E-state index contributed by atoms with van der Waals surface area (Å²) in [7, 11) is -2.52. The highest BCUT2D eigenvalue weighted by Gasteiger charge is 2.25. The number of halogens is 1. The van der Waals surface area contributed by atoms with Gasteiger partial charge < -0.3 is 5.73 Å². The lowest BCUT2D eigenvalue weighted by atomic mass is 10.2. The Morgan fingerprint density at radius 1 is 1.30 bits per heavy atom. The minimum atomic E-state index is -3.88. The van der Waals surface area contributed by atoms with E-state index in [9.17, 15) is 12.8 Å². The van der Waals surface area contributed by atoms with Gasteiger partial charge in [0.25, 0.3) is 10.0 Å². The molecule has 5 nitrogen and oxygen atoms in total. The summed E-state index contributed by atoms with van der Waals surface area (Å²) in [4.78, 5) is 3.72. The molecule has 0 radical (unpaired) electrons. The third-order valence-corrected chi connectivity index (χ3v) is 4.87. The molecule has 1 aromatic carbocycles. The van der Waals surface area contributed by atoms with Gasteiger partial charge in [0.1, 0.15) is 5.82 Å². The van der Waals surface area contributed by atoms with E-state index in [1.54, 1.807) is 6.92 Å². The summed E-state index contributed by atoms with van der Waals surface area (Å²) in [5.41, 5.74) is 6.71. The van der Waals surface area contributed by atoms with Crippen LogP contribution in [0.2, 0.25) is 0 Å². The molecular weight excluding hydrogens is 281 g/mol. The summed E-state index contributed by atoms with van der Waals surface area (Å²) in [5.74, 6) is -0.606. The van der Waals surface area contributed by atoms with Crippen LogP contribution >= 0.6 is 0 Å². The highest BCUT2D eigenvalue weighted by molar-refractivity contribution is 7.92. The van der Waals surface area contributed by atoms with Gasteiger partial charge in [-0.25, -0.2) is 12.8 Å². The Balaban J connectivity index is 2.56. The molecule has 1 aromatic heterocycles. The second kappa shape index (κ2) is 5.09. The Labute approximate surface area is 116 Å². The van der Waals surface area contributed by atoms with E-state index in [0.29, 0.717) is 11.3 Å². The monoisotopic (exact) mass is 295 g/mol. The van der Waals surface area contributed by atoms with Crippen LogP contribution in [-0.2, 0) is 10.0 Å². The molecule has 1 heterocycles. The van der Waals surface area contributed by atoms with Gasteiger partial charge in [-0.1, -0.05) is 6.07 Å². The zero-order chi connectivity index (χ0) is 14.9. The second-order valence-electron chi connectivity index (χ2n) is 4.32. The molecule has 2 N–H and O–H groups in total. The molecular formula is C13H14FN3O2S. The molecule has 0 aliphatic carbocycles. The van der Waals surface area contributed by atoms with E-state index in [1.807, 2.05) is 0 Å². The standard InChI is InChI=1S/C13H14FN3O2S/c1-9-3-4-10(14)7-13(9)20(18,19)17(2)12-5-6-16-8-11(12)15/h3-8H,15H2,1-2H3. The van der Waals surface area contributed by atoms with Gasteiger partial charge in [-0.3, -0.25) is 9.29 Å². The summed E-state index contributed by atoms with van der Waals surface area (Å²) in [6, 6.07) is 5.13. The maximum Gasteiger partial charge on any atom is 0.264 e. The summed E-state index contributed by atoms with van der Waals surface area (Å²) in [5, 5.41) is 0. The van der Waals surface area contributed by atoms with Crippen molar-refractivity contribution in [1.29, 1.82) is 0 Å². The number of nitrogen functional groups attached to an aromatic ring is 1. The smallest absolute Gasteiger partial charge is 0.264 e. The van der Waals surface area contributed by atoms with Gasteiger partial charge in [0, 0.05) is 13.2 Å². The highest BCUT2D eigenvalue weighted by Crippen LogP contribution is 2.28. The lowest BCUT2D eigenvalue weighted by Gasteiger charge is -2.21. The third kappa shape index (κ3) is 2.44. The fourth-order valence-corrected chi connectivity index (χ4v) is 3.27. The van der Waals surface area contributed by atoms with Crippen LogP contribution < -0.4 is 10.0 Å². The average Bonchev–Trinajstić information content (AvgIpc) is 2.41. The lowest BCUT2D eigenvalue weighted by Crippen LogP contribution is -2.28. The highest BCUT2D eigenvalue weighted by atomic mass is 32.2. The molecule has 0 bridgehead atoms. The first-order valence-corrected chi connectivity index (χ1v) is 7.22. The van der Waals surface area contributed by atoms with Crippen LogP contribution in [0.4, 0.5) is 15.8 Å². The minimum Gasteiger partial charge on any atom is -0.396 e. The molecule has 0 aliphatic rings. The molecule has 0 unspecified atom stereocenters. The number of pyridine rings is 1. The molecule has 0 amide bonds. The number of nitrogens with two attached hydrogens (primary N) is 1. The van der Waals surface area contributed by atoms with E-state index in [0.717, 1.165) is 10.4 Å². The zero-order valence-corrected chi connectivity index (χ0v) is 11.9. The Morgan fingerprint density at radius 2 is 2.00 bits per heavy atom. The number of hydrogen-bond acceptors (Lipinski definition) is 4. The van der Waals surface area contributed by atoms with Crippen LogP contribution in [0.25, 0.3) is 0 Å². The Bertz CT molecular complexity index is 747. The molecule has 20 heavy (non-hydrogen) atoms. The number of benzene rings is 1. The molecule has 2 rings (SSSR count). The van der Waals surface area contributed by atoms with Crippen molar-refractivity contribution in [3.8, 4) is 0 Å². The first-order chi connectivity index (χ1) is 9.34. The fourth-order valence-electron chi connectivity index (χ4n) is 1.81. The van der Waals surface area contributed by atoms with Gasteiger partial charge in [-0.2, -0.15) is 0 Å². The molecule has 0 saturated carbocycles. The second-order valence-corrected chi connectivity index (χ2v) is 6.25. The summed E-state index contributed by atoms with van der Waals surface area (Å²) in [6.45, 7) is 1.61. The zero-order valence-electron chi connectivity index (χ0n) is 11.0. The van der Waals surface area contributed by atoms with Crippen molar-refractivity contribution in [1.82, 2.24) is 4.98 Å². The Kier molecular flexibility index (Phi) is 3.63. The van der Waals surface area contributed by atoms with Gasteiger partial charge in [0.2, 0.25) is 0 Å². The van der Waals surface area contributed by atoms with E-state index < -0.39 is 15.8 Å². The van der Waals surface area contributed by atoms with Crippen molar-refractivity contribution in [3.63, 3.8) is 0 Å². The lowest BCUT2D eigenvalue weighted by molar-refractivity contribution is 0.588. The predicted molar refractivity (Wildman–Crippen MR) is 75.4 cm³/mol. The molecule has 0 atom stereocenters.